The first kappa shape index (κ1) is 26.5. The molecule has 1 fully saturated rings. The highest BCUT2D eigenvalue weighted by molar-refractivity contribution is 5.71. The normalized spacial score (nSPS) is 15.2. The van der Waals surface area contributed by atoms with Gasteiger partial charge in [-0.15, -0.1) is 0 Å². The fourth-order valence-corrected chi connectivity index (χ4v) is 5.38. The molecule has 0 aliphatic heterocycles. The molecule has 1 aromatic carbocycles. The Hall–Kier alpha value is -2.10. The Labute approximate surface area is 207 Å². The maximum atomic E-state index is 6.29. The molecule has 34 heavy (non-hydrogen) atoms. The quantitative estimate of drug-likeness (QED) is 0.232. The van der Waals surface area contributed by atoms with Crippen LogP contribution in [-0.2, 0) is 0 Å². The van der Waals surface area contributed by atoms with Gasteiger partial charge < -0.3 is 9.47 Å². The summed E-state index contributed by atoms with van der Waals surface area (Å²) in [6.07, 6.45) is 21.7. The van der Waals surface area contributed by atoms with Crippen LogP contribution in [0.15, 0.2) is 36.8 Å². The van der Waals surface area contributed by atoms with E-state index in [4.69, 9.17) is 9.47 Å². The molecular weight excluding hydrogens is 420 g/mol. The Balaban J connectivity index is 1.52. The molecule has 4 nitrogen and oxygen atoms in total. The van der Waals surface area contributed by atoms with E-state index in [9.17, 15) is 0 Å². The predicted octanol–water partition coefficient (Wildman–Crippen LogP) is 8.65. The highest BCUT2D eigenvalue weighted by Gasteiger charge is 2.22. The van der Waals surface area contributed by atoms with Crippen molar-refractivity contribution in [1.82, 2.24) is 9.97 Å². The molecule has 0 N–H and O–H groups in total. The minimum Gasteiger partial charge on any atom is -0.493 e. The molecule has 1 aliphatic carbocycles. The van der Waals surface area contributed by atoms with Gasteiger partial charge in [0.2, 0.25) is 0 Å². The van der Waals surface area contributed by atoms with Crippen molar-refractivity contribution in [1.29, 1.82) is 0 Å². The molecule has 1 saturated carbocycles. The van der Waals surface area contributed by atoms with Gasteiger partial charge in [-0.2, -0.15) is 0 Å². The van der Waals surface area contributed by atoms with E-state index in [0.29, 0.717) is 6.61 Å². The van der Waals surface area contributed by atoms with Crippen LogP contribution in [0, 0.1) is 11.8 Å². The van der Waals surface area contributed by atoms with Gasteiger partial charge in [-0.1, -0.05) is 96.6 Å². The van der Waals surface area contributed by atoms with Crippen LogP contribution >= 0.6 is 0 Å². The van der Waals surface area contributed by atoms with Gasteiger partial charge in [-0.25, -0.2) is 9.97 Å². The van der Waals surface area contributed by atoms with Crippen LogP contribution in [0.25, 0.3) is 11.3 Å². The predicted molar refractivity (Wildman–Crippen MR) is 141 cm³/mol. The average molecular weight is 467 g/mol. The molecule has 1 aromatic heterocycles. The van der Waals surface area contributed by atoms with Crippen LogP contribution in [0.2, 0.25) is 0 Å². The molecule has 2 aromatic rings. The summed E-state index contributed by atoms with van der Waals surface area (Å²) in [6, 6.07) is 8.20. The summed E-state index contributed by atoms with van der Waals surface area (Å²) in [4.78, 5) is 8.78. The zero-order chi connectivity index (χ0) is 23.8. The van der Waals surface area contributed by atoms with Crippen molar-refractivity contribution in [3.05, 3.63) is 36.8 Å². The van der Waals surface area contributed by atoms with Crippen molar-refractivity contribution in [3.8, 4) is 22.8 Å². The summed E-state index contributed by atoms with van der Waals surface area (Å²) >= 11 is 0. The van der Waals surface area contributed by atoms with Gasteiger partial charge in [0.05, 0.1) is 19.4 Å². The largest absolute Gasteiger partial charge is 0.493 e. The van der Waals surface area contributed by atoms with Crippen molar-refractivity contribution in [2.45, 2.75) is 104 Å². The second-order valence-corrected chi connectivity index (χ2v) is 9.91. The van der Waals surface area contributed by atoms with Crippen LogP contribution in [0.3, 0.4) is 0 Å². The van der Waals surface area contributed by atoms with E-state index >= 15 is 0 Å². The summed E-state index contributed by atoms with van der Waals surface area (Å²) in [5, 5.41) is 0. The molecule has 0 amide bonds. The lowest BCUT2D eigenvalue weighted by Crippen LogP contribution is -2.18. The number of para-hydroxylation sites is 1. The van der Waals surface area contributed by atoms with E-state index in [1.807, 2.05) is 18.2 Å². The minimum atomic E-state index is 0.703. The third-order valence-corrected chi connectivity index (χ3v) is 7.39. The lowest BCUT2D eigenvalue weighted by atomic mass is 9.77. The molecule has 1 heterocycles. The highest BCUT2D eigenvalue weighted by atomic mass is 16.5. The summed E-state index contributed by atoms with van der Waals surface area (Å²) in [6.45, 7) is 6.06. The number of aromatic nitrogens is 2. The Morgan fingerprint density at radius 3 is 2.41 bits per heavy atom. The topological polar surface area (TPSA) is 44.2 Å². The van der Waals surface area contributed by atoms with Crippen LogP contribution in [0.1, 0.15) is 104 Å². The van der Waals surface area contributed by atoms with Crippen molar-refractivity contribution in [3.63, 3.8) is 0 Å². The zero-order valence-electron chi connectivity index (χ0n) is 21.6. The van der Waals surface area contributed by atoms with Gasteiger partial charge in [-0.05, 0) is 43.2 Å². The second kappa shape index (κ2) is 15.7. The number of hydrogen-bond donors (Lipinski definition) is 0. The smallest absolute Gasteiger partial charge is 0.163 e. The van der Waals surface area contributed by atoms with E-state index < -0.39 is 0 Å². The molecule has 1 unspecified atom stereocenters. The molecule has 0 bridgehead atoms. The maximum absolute atomic E-state index is 6.29. The second-order valence-electron chi connectivity index (χ2n) is 9.91. The molecule has 4 heteroatoms. The molecule has 1 atom stereocenters. The van der Waals surface area contributed by atoms with Crippen molar-refractivity contribution < 1.29 is 9.47 Å². The van der Waals surface area contributed by atoms with Crippen LogP contribution in [0.5, 0.6) is 11.5 Å². The molecule has 3 rings (SSSR count). The van der Waals surface area contributed by atoms with E-state index in [1.165, 1.54) is 77.0 Å². The van der Waals surface area contributed by atoms with E-state index in [-0.39, 0.29) is 0 Å². The standard InChI is InChI=1S/C30H46N2O2/c1-3-5-6-7-8-14-21-34-29-23-31-24-32-30(29)27-19-12-13-20-28(27)33-22-15-18-25(4-2)26-16-10-9-11-17-26/h12-13,19-20,23-26H,3-11,14-18,21-22H2,1-2H3. The van der Waals surface area contributed by atoms with Crippen molar-refractivity contribution >= 4 is 0 Å². The Kier molecular flexibility index (Phi) is 12.3. The monoisotopic (exact) mass is 466 g/mol. The Morgan fingerprint density at radius 2 is 1.59 bits per heavy atom. The first-order valence-corrected chi connectivity index (χ1v) is 14.0. The van der Waals surface area contributed by atoms with Gasteiger partial charge in [0, 0.05) is 5.56 Å². The number of rotatable bonds is 16. The summed E-state index contributed by atoms with van der Waals surface area (Å²) < 4.78 is 12.4. The fraction of sp³-hybridized carbons (Fsp3) is 0.667. The minimum absolute atomic E-state index is 0.703. The number of nitrogens with zero attached hydrogens (tertiary/aromatic N) is 2. The highest BCUT2D eigenvalue weighted by Crippen LogP contribution is 2.36. The first-order chi connectivity index (χ1) is 16.8. The fourth-order valence-electron chi connectivity index (χ4n) is 5.38. The molecule has 0 spiro atoms. The Bertz CT molecular complexity index is 804. The third-order valence-electron chi connectivity index (χ3n) is 7.39. The molecule has 0 saturated heterocycles. The van der Waals surface area contributed by atoms with E-state index in [0.717, 1.165) is 54.0 Å². The molecule has 1 aliphatic rings. The van der Waals surface area contributed by atoms with Crippen molar-refractivity contribution in [2.24, 2.45) is 11.8 Å². The molecule has 188 valence electrons. The van der Waals surface area contributed by atoms with Crippen LogP contribution in [0.4, 0.5) is 0 Å². The summed E-state index contributed by atoms with van der Waals surface area (Å²) in [5.41, 5.74) is 1.81. The van der Waals surface area contributed by atoms with Gasteiger partial charge >= 0.3 is 0 Å². The number of unbranched alkanes of at least 4 members (excludes halogenated alkanes) is 5. The third kappa shape index (κ3) is 8.60. The van der Waals surface area contributed by atoms with Crippen LogP contribution in [-0.4, -0.2) is 23.2 Å². The number of hydrogen-bond acceptors (Lipinski definition) is 4. The number of benzene rings is 1. The van der Waals surface area contributed by atoms with Gasteiger partial charge in [0.15, 0.2) is 5.75 Å². The lowest BCUT2D eigenvalue weighted by Gasteiger charge is -2.29. The van der Waals surface area contributed by atoms with Gasteiger partial charge in [-0.3, -0.25) is 0 Å². The zero-order valence-corrected chi connectivity index (χ0v) is 21.6. The van der Waals surface area contributed by atoms with E-state index in [2.05, 4.69) is 29.9 Å². The van der Waals surface area contributed by atoms with Gasteiger partial charge in [0.1, 0.15) is 17.8 Å². The van der Waals surface area contributed by atoms with Crippen LogP contribution < -0.4 is 9.47 Å². The molecular formula is C30H46N2O2. The van der Waals surface area contributed by atoms with Crippen molar-refractivity contribution in [2.75, 3.05) is 13.2 Å². The SMILES string of the molecule is CCCCCCCCOc1cncnc1-c1ccccc1OCCCC(CC)C1CCCCC1. The summed E-state index contributed by atoms with van der Waals surface area (Å²) in [7, 11) is 0. The lowest BCUT2D eigenvalue weighted by molar-refractivity contribution is 0.210. The summed E-state index contributed by atoms with van der Waals surface area (Å²) in [5.74, 6) is 3.41. The van der Waals surface area contributed by atoms with E-state index in [1.54, 1.807) is 12.5 Å². The number of ether oxygens (including phenoxy) is 2. The average Bonchev–Trinajstić information content (AvgIpc) is 2.89. The van der Waals surface area contributed by atoms with Gasteiger partial charge in [0.25, 0.3) is 0 Å². The molecule has 0 radical (unpaired) electrons. The maximum Gasteiger partial charge on any atom is 0.163 e. The Morgan fingerprint density at radius 1 is 0.853 bits per heavy atom. The first-order valence-electron chi connectivity index (χ1n) is 14.0.